The van der Waals surface area contributed by atoms with Crippen molar-refractivity contribution < 1.29 is 0 Å². The first kappa shape index (κ1) is 9.60. The summed E-state index contributed by atoms with van der Waals surface area (Å²) >= 11 is 3.53. The highest BCUT2D eigenvalue weighted by Crippen LogP contribution is 2.39. The van der Waals surface area contributed by atoms with Crippen molar-refractivity contribution in [2.24, 2.45) is 5.41 Å². The quantitative estimate of drug-likeness (QED) is 0.837. The lowest BCUT2D eigenvalue weighted by molar-refractivity contribution is 0.121. The molecule has 1 aromatic heterocycles. The Balaban J connectivity index is 1.80. The second-order valence-electron chi connectivity index (χ2n) is 4.73. The summed E-state index contributed by atoms with van der Waals surface area (Å²) in [5, 5.41) is 3.35. The van der Waals surface area contributed by atoms with Crippen molar-refractivity contribution in [3.63, 3.8) is 0 Å². The van der Waals surface area contributed by atoms with E-state index in [2.05, 4.69) is 38.1 Å². The molecule has 1 N–H and O–H groups in total. The van der Waals surface area contributed by atoms with Gasteiger partial charge in [-0.25, -0.2) is 0 Å². The molecule has 3 heterocycles. The Labute approximate surface area is 98.0 Å². The summed E-state index contributed by atoms with van der Waals surface area (Å²) < 4.78 is 1.10. The minimum atomic E-state index is 0.578. The van der Waals surface area contributed by atoms with Crippen LogP contribution in [0.25, 0.3) is 0 Å². The molecule has 1 aromatic rings. The molecule has 0 radical (unpaired) electrons. The van der Waals surface area contributed by atoms with Gasteiger partial charge in [0, 0.05) is 42.3 Å². The lowest BCUT2D eigenvalue weighted by Gasteiger charge is -2.57. The van der Waals surface area contributed by atoms with Crippen LogP contribution in [0.2, 0.25) is 0 Å². The van der Waals surface area contributed by atoms with E-state index in [4.69, 9.17) is 0 Å². The number of aromatic nitrogens is 1. The van der Waals surface area contributed by atoms with Crippen LogP contribution in [0.3, 0.4) is 0 Å². The van der Waals surface area contributed by atoms with Gasteiger partial charge >= 0.3 is 0 Å². The van der Waals surface area contributed by atoms with Gasteiger partial charge in [0.2, 0.25) is 0 Å². The number of rotatable bonds is 1. The SMILES string of the molecule is Cc1c(Br)cncc1N1CC2(CNC2)C1. The van der Waals surface area contributed by atoms with E-state index < -0.39 is 0 Å². The van der Waals surface area contributed by atoms with Gasteiger partial charge in [-0.3, -0.25) is 4.98 Å². The lowest BCUT2D eigenvalue weighted by Crippen LogP contribution is -2.71. The molecule has 0 aromatic carbocycles. The first-order valence-corrected chi connectivity index (χ1v) is 6.05. The summed E-state index contributed by atoms with van der Waals surface area (Å²) in [6.07, 6.45) is 3.83. The molecule has 3 nitrogen and oxygen atoms in total. The van der Waals surface area contributed by atoms with Crippen molar-refractivity contribution in [2.45, 2.75) is 6.92 Å². The topological polar surface area (TPSA) is 28.2 Å². The molecular weight excluding hydrogens is 254 g/mol. The van der Waals surface area contributed by atoms with Crippen LogP contribution in [0, 0.1) is 12.3 Å². The summed E-state index contributed by atoms with van der Waals surface area (Å²) in [7, 11) is 0. The first-order valence-electron chi connectivity index (χ1n) is 5.26. The molecule has 2 aliphatic rings. The Kier molecular flexibility index (Phi) is 2.04. The zero-order valence-corrected chi connectivity index (χ0v) is 10.3. The summed E-state index contributed by atoms with van der Waals surface area (Å²) in [5.41, 5.74) is 3.16. The molecule has 1 spiro atoms. The zero-order chi connectivity index (χ0) is 10.5. The predicted molar refractivity (Wildman–Crippen MR) is 64.2 cm³/mol. The molecule has 0 atom stereocenters. The highest BCUT2D eigenvalue weighted by molar-refractivity contribution is 9.10. The van der Waals surface area contributed by atoms with Gasteiger partial charge in [0.05, 0.1) is 11.9 Å². The van der Waals surface area contributed by atoms with Crippen LogP contribution in [-0.2, 0) is 0 Å². The molecule has 15 heavy (non-hydrogen) atoms. The van der Waals surface area contributed by atoms with Crippen molar-refractivity contribution in [2.75, 3.05) is 31.1 Å². The number of nitrogens with zero attached hydrogens (tertiary/aromatic N) is 2. The Morgan fingerprint density at radius 1 is 1.40 bits per heavy atom. The summed E-state index contributed by atoms with van der Waals surface area (Å²) in [5.74, 6) is 0. The van der Waals surface area contributed by atoms with Crippen molar-refractivity contribution in [3.8, 4) is 0 Å². The van der Waals surface area contributed by atoms with Gasteiger partial charge in [0.15, 0.2) is 0 Å². The maximum Gasteiger partial charge on any atom is 0.0594 e. The fourth-order valence-electron chi connectivity index (χ4n) is 2.44. The average Bonchev–Trinajstić information content (AvgIpc) is 2.07. The molecule has 0 bridgehead atoms. The van der Waals surface area contributed by atoms with Gasteiger partial charge in [-0.05, 0) is 28.4 Å². The molecule has 0 saturated carbocycles. The Morgan fingerprint density at radius 2 is 2.13 bits per heavy atom. The van der Waals surface area contributed by atoms with Crippen LogP contribution in [0.1, 0.15) is 5.56 Å². The molecule has 2 fully saturated rings. The van der Waals surface area contributed by atoms with Crippen LogP contribution in [0.15, 0.2) is 16.9 Å². The van der Waals surface area contributed by atoms with Crippen LogP contribution >= 0.6 is 15.9 Å². The molecule has 0 amide bonds. The third-order valence-corrected chi connectivity index (χ3v) is 4.32. The first-order chi connectivity index (χ1) is 7.20. The Hall–Kier alpha value is -0.610. The van der Waals surface area contributed by atoms with E-state index in [0.29, 0.717) is 5.41 Å². The number of nitrogens with one attached hydrogen (secondary N) is 1. The van der Waals surface area contributed by atoms with Crippen molar-refractivity contribution in [1.82, 2.24) is 10.3 Å². The number of halogens is 1. The Morgan fingerprint density at radius 3 is 2.73 bits per heavy atom. The minimum absolute atomic E-state index is 0.578. The third-order valence-electron chi connectivity index (χ3n) is 3.52. The van der Waals surface area contributed by atoms with Gasteiger partial charge in [-0.1, -0.05) is 0 Å². The maximum atomic E-state index is 4.24. The van der Waals surface area contributed by atoms with Crippen LogP contribution in [-0.4, -0.2) is 31.2 Å². The molecular formula is C11H14BrN3. The smallest absolute Gasteiger partial charge is 0.0594 e. The third kappa shape index (κ3) is 1.39. The minimum Gasteiger partial charge on any atom is -0.369 e. The highest BCUT2D eigenvalue weighted by Gasteiger charge is 2.47. The lowest BCUT2D eigenvalue weighted by atomic mass is 9.74. The second kappa shape index (κ2) is 3.19. The summed E-state index contributed by atoms with van der Waals surface area (Å²) in [4.78, 5) is 6.66. The Bertz CT molecular complexity index is 393. The van der Waals surface area contributed by atoms with Crippen LogP contribution in [0.4, 0.5) is 5.69 Å². The largest absolute Gasteiger partial charge is 0.369 e. The van der Waals surface area contributed by atoms with Crippen molar-refractivity contribution in [3.05, 3.63) is 22.4 Å². The van der Waals surface area contributed by atoms with E-state index in [1.54, 1.807) is 0 Å². The molecule has 4 heteroatoms. The van der Waals surface area contributed by atoms with Gasteiger partial charge in [-0.2, -0.15) is 0 Å². The fourth-order valence-corrected chi connectivity index (χ4v) is 2.77. The van der Waals surface area contributed by atoms with E-state index in [1.165, 1.54) is 37.4 Å². The normalized spacial score (nSPS) is 22.4. The number of anilines is 1. The van der Waals surface area contributed by atoms with E-state index in [0.717, 1.165) is 4.47 Å². The van der Waals surface area contributed by atoms with Gasteiger partial charge in [0.25, 0.3) is 0 Å². The predicted octanol–water partition coefficient (Wildman–Crippen LogP) is 1.56. The van der Waals surface area contributed by atoms with Crippen molar-refractivity contribution in [1.29, 1.82) is 0 Å². The van der Waals surface area contributed by atoms with Gasteiger partial charge < -0.3 is 10.2 Å². The molecule has 2 aliphatic heterocycles. The molecule has 80 valence electrons. The summed E-state index contributed by atoms with van der Waals surface area (Å²) in [6.45, 7) is 6.87. The average molecular weight is 268 g/mol. The molecule has 0 unspecified atom stereocenters. The zero-order valence-electron chi connectivity index (χ0n) is 8.76. The highest BCUT2D eigenvalue weighted by atomic mass is 79.9. The fraction of sp³-hybridized carbons (Fsp3) is 0.545. The standard InChI is InChI=1S/C11H14BrN3/c1-8-9(12)2-13-3-10(8)15-6-11(7-15)4-14-5-11/h2-3,14H,4-7H2,1H3. The maximum absolute atomic E-state index is 4.24. The van der Waals surface area contributed by atoms with Gasteiger partial charge in [0.1, 0.15) is 0 Å². The molecule has 2 saturated heterocycles. The van der Waals surface area contributed by atoms with E-state index in [1.807, 2.05) is 12.4 Å². The van der Waals surface area contributed by atoms with Gasteiger partial charge in [-0.15, -0.1) is 0 Å². The monoisotopic (exact) mass is 267 g/mol. The number of hydrogen-bond acceptors (Lipinski definition) is 3. The van der Waals surface area contributed by atoms with E-state index in [9.17, 15) is 0 Å². The van der Waals surface area contributed by atoms with E-state index >= 15 is 0 Å². The summed E-state index contributed by atoms with van der Waals surface area (Å²) in [6, 6.07) is 0. The van der Waals surface area contributed by atoms with E-state index in [-0.39, 0.29) is 0 Å². The second-order valence-corrected chi connectivity index (χ2v) is 5.58. The molecule has 0 aliphatic carbocycles. The van der Waals surface area contributed by atoms with Crippen LogP contribution < -0.4 is 10.2 Å². The van der Waals surface area contributed by atoms with Crippen molar-refractivity contribution >= 4 is 21.6 Å². The number of pyridine rings is 1. The van der Waals surface area contributed by atoms with Crippen LogP contribution in [0.5, 0.6) is 0 Å². The number of hydrogen-bond donors (Lipinski definition) is 1. The molecule has 3 rings (SSSR count).